The third-order valence-electron chi connectivity index (χ3n) is 2.80. The summed E-state index contributed by atoms with van der Waals surface area (Å²) >= 11 is 0. The third kappa shape index (κ3) is 9.96. The molecular formula is C16H32O4. The van der Waals surface area contributed by atoms with E-state index in [0.29, 0.717) is 19.2 Å². The molecule has 0 N–H and O–H groups in total. The lowest BCUT2D eigenvalue weighted by Gasteiger charge is -2.17. The molecule has 20 heavy (non-hydrogen) atoms. The van der Waals surface area contributed by atoms with Crippen LogP contribution in [0.2, 0.25) is 0 Å². The number of hydrogen-bond donors (Lipinski definition) is 0. The topological polar surface area (TPSA) is 36.9 Å². The van der Waals surface area contributed by atoms with Crippen molar-refractivity contribution in [2.24, 2.45) is 0 Å². The molecule has 0 aliphatic heterocycles. The van der Waals surface area contributed by atoms with Crippen LogP contribution in [-0.4, -0.2) is 27.1 Å². The van der Waals surface area contributed by atoms with Crippen LogP contribution >= 0.6 is 0 Å². The first-order valence-corrected chi connectivity index (χ1v) is 7.90. The molecule has 0 amide bonds. The Morgan fingerprint density at radius 3 is 1.90 bits per heavy atom. The summed E-state index contributed by atoms with van der Waals surface area (Å²) in [4.78, 5) is 0. The minimum Gasteiger partial charge on any atom is -0.491 e. The largest absolute Gasteiger partial charge is 0.491 e. The van der Waals surface area contributed by atoms with E-state index in [-0.39, 0.29) is 6.79 Å². The van der Waals surface area contributed by atoms with Gasteiger partial charge in [0.15, 0.2) is 12.6 Å². The zero-order valence-corrected chi connectivity index (χ0v) is 13.7. The average Bonchev–Trinajstić information content (AvgIpc) is 2.47. The molecule has 0 heterocycles. The van der Waals surface area contributed by atoms with E-state index in [1.54, 1.807) is 7.11 Å². The highest BCUT2D eigenvalue weighted by atomic mass is 16.7. The van der Waals surface area contributed by atoms with Crippen LogP contribution < -0.4 is 0 Å². The van der Waals surface area contributed by atoms with Gasteiger partial charge >= 0.3 is 5.95 Å². The molecule has 0 aliphatic carbocycles. The van der Waals surface area contributed by atoms with Gasteiger partial charge < -0.3 is 18.9 Å². The first-order valence-electron chi connectivity index (χ1n) is 7.90. The van der Waals surface area contributed by atoms with Gasteiger partial charge in [0, 0.05) is 13.5 Å². The zero-order valence-electron chi connectivity index (χ0n) is 13.7. The molecule has 0 spiro atoms. The number of unbranched alkanes of at least 4 members (excludes halogenated alkanes) is 3. The first kappa shape index (κ1) is 19.1. The van der Waals surface area contributed by atoms with Crippen molar-refractivity contribution in [2.75, 3.05) is 27.1 Å². The predicted octanol–water partition coefficient (Wildman–Crippen LogP) is 4.60. The van der Waals surface area contributed by atoms with Crippen LogP contribution in [0.4, 0.5) is 0 Å². The van der Waals surface area contributed by atoms with Crippen molar-refractivity contribution in [2.45, 2.75) is 65.7 Å². The zero-order chi connectivity index (χ0) is 15.1. The van der Waals surface area contributed by atoms with Gasteiger partial charge in [0.25, 0.3) is 0 Å². The summed E-state index contributed by atoms with van der Waals surface area (Å²) in [6, 6.07) is 0. The highest BCUT2D eigenvalue weighted by Crippen LogP contribution is 2.18. The summed E-state index contributed by atoms with van der Waals surface area (Å²) in [6.45, 7) is 8.01. The SMILES string of the molecule is CCCCOC(CCCC)=C(OCCCC)OCOC. The molecule has 0 aliphatic rings. The Bertz CT molecular complexity index is 215. The lowest BCUT2D eigenvalue weighted by atomic mass is 10.2. The van der Waals surface area contributed by atoms with E-state index >= 15 is 0 Å². The summed E-state index contributed by atoms with van der Waals surface area (Å²) < 4.78 is 22.1. The predicted molar refractivity (Wildman–Crippen MR) is 81.2 cm³/mol. The summed E-state index contributed by atoms with van der Waals surface area (Å²) in [5.74, 6) is 1.33. The quantitative estimate of drug-likeness (QED) is 0.266. The molecule has 0 aromatic rings. The highest BCUT2D eigenvalue weighted by molar-refractivity contribution is 4.95. The molecule has 0 saturated heterocycles. The molecule has 4 nitrogen and oxygen atoms in total. The fourth-order valence-corrected chi connectivity index (χ4v) is 1.53. The van der Waals surface area contributed by atoms with Crippen LogP contribution in [0.15, 0.2) is 11.7 Å². The van der Waals surface area contributed by atoms with Gasteiger partial charge in [0.05, 0.1) is 13.2 Å². The summed E-state index contributed by atoms with van der Waals surface area (Å²) in [5.41, 5.74) is 0. The smallest absolute Gasteiger partial charge is 0.321 e. The Kier molecular flexibility index (Phi) is 13.9. The number of methoxy groups -OCH3 is 1. The fourth-order valence-electron chi connectivity index (χ4n) is 1.53. The minimum absolute atomic E-state index is 0.189. The van der Waals surface area contributed by atoms with Crippen LogP contribution in [0.25, 0.3) is 0 Å². The van der Waals surface area contributed by atoms with Crippen LogP contribution in [0.3, 0.4) is 0 Å². The molecule has 0 unspecified atom stereocenters. The lowest BCUT2D eigenvalue weighted by molar-refractivity contribution is -0.0690. The number of rotatable bonds is 14. The Morgan fingerprint density at radius 1 is 0.750 bits per heavy atom. The molecule has 0 rings (SSSR count). The summed E-state index contributed by atoms with van der Waals surface area (Å²) in [6.07, 6.45) is 7.31. The van der Waals surface area contributed by atoms with Crippen molar-refractivity contribution in [3.05, 3.63) is 11.7 Å². The van der Waals surface area contributed by atoms with E-state index < -0.39 is 0 Å². The van der Waals surface area contributed by atoms with E-state index in [0.717, 1.165) is 50.7 Å². The Hall–Kier alpha value is -0.900. The van der Waals surface area contributed by atoms with Gasteiger partial charge in [0.1, 0.15) is 0 Å². The molecule has 0 aromatic carbocycles. The van der Waals surface area contributed by atoms with Gasteiger partial charge in [-0.25, -0.2) is 0 Å². The Labute approximate surface area is 124 Å². The Morgan fingerprint density at radius 2 is 1.35 bits per heavy atom. The maximum absolute atomic E-state index is 5.85. The number of hydrogen-bond acceptors (Lipinski definition) is 4. The van der Waals surface area contributed by atoms with Gasteiger partial charge in [-0.1, -0.05) is 40.0 Å². The second kappa shape index (κ2) is 14.5. The van der Waals surface area contributed by atoms with Crippen molar-refractivity contribution in [3.8, 4) is 0 Å². The van der Waals surface area contributed by atoms with Gasteiger partial charge in [0.2, 0.25) is 0 Å². The third-order valence-corrected chi connectivity index (χ3v) is 2.80. The number of allylic oxidation sites excluding steroid dienone is 1. The van der Waals surface area contributed by atoms with E-state index in [9.17, 15) is 0 Å². The standard InChI is InChI=1S/C16H32O4/c1-5-8-11-15(18-12-9-6-2)16(20-14-17-4)19-13-10-7-3/h5-14H2,1-4H3. The van der Waals surface area contributed by atoms with Gasteiger partial charge in [-0.3, -0.25) is 0 Å². The van der Waals surface area contributed by atoms with Crippen molar-refractivity contribution in [1.82, 2.24) is 0 Å². The van der Waals surface area contributed by atoms with Crippen molar-refractivity contribution < 1.29 is 18.9 Å². The average molecular weight is 288 g/mol. The first-order chi connectivity index (χ1) is 9.79. The van der Waals surface area contributed by atoms with Crippen molar-refractivity contribution >= 4 is 0 Å². The van der Waals surface area contributed by atoms with E-state index in [1.165, 1.54) is 0 Å². The monoisotopic (exact) mass is 288 g/mol. The van der Waals surface area contributed by atoms with Gasteiger partial charge in [-0.2, -0.15) is 0 Å². The minimum atomic E-state index is 0.189. The van der Waals surface area contributed by atoms with Gasteiger partial charge in [-0.05, 0) is 19.3 Å². The van der Waals surface area contributed by atoms with Crippen LogP contribution in [0, 0.1) is 0 Å². The van der Waals surface area contributed by atoms with E-state index in [1.807, 2.05) is 0 Å². The van der Waals surface area contributed by atoms with Gasteiger partial charge in [-0.15, -0.1) is 0 Å². The number of ether oxygens (including phenoxy) is 4. The molecule has 0 saturated carbocycles. The lowest BCUT2D eigenvalue weighted by Crippen LogP contribution is -2.09. The second-order valence-electron chi connectivity index (χ2n) is 4.77. The van der Waals surface area contributed by atoms with Crippen LogP contribution in [0.5, 0.6) is 0 Å². The molecule has 0 aromatic heterocycles. The summed E-state index contributed by atoms with van der Waals surface area (Å²) in [7, 11) is 1.60. The molecule has 0 atom stereocenters. The molecule has 0 fully saturated rings. The van der Waals surface area contributed by atoms with Crippen LogP contribution in [-0.2, 0) is 18.9 Å². The maximum Gasteiger partial charge on any atom is 0.321 e. The fraction of sp³-hybridized carbons (Fsp3) is 0.875. The highest BCUT2D eigenvalue weighted by Gasteiger charge is 2.12. The molecular weight excluding hydrogens is 256 g/mol. The molecule has 0 radical (unpaired) electrons. The molecule has 0 bridgehead atoms. The summed E-state index contributed by atoms with van der Waals surface area (Å²) in [5, 5.41) is 0. The Balaban J connectivity index is 4.62. The van der Waals surface area contributed by atoms with Crippen molar-refractivity contribution in [1.29, 1.82) is 0 Å². The second-order valence-corrected chi connectivity index (χ2v) is 4.77. The van der Waals surface area contributed by atoms with E-state index in [4.69, 9.17) is 18.9 Å². The molecule has 4 heteroatoms. The van der Waals surface area contributed by atoms with Crippen molar-refractivity contribution in [3.63, 3.8) is 0 Å². The van der Waals surface area contributed by atoms with E-state index in [2.05, 4.69) is 20.8 Å². The molecule has 120 valence electrons. The van der Waals surface area contributed by atoms with Crippen LogP contribution in [0.1, 0.15) is 65.7 Å². The maximum atomic E-state index is 5.85. The normalized spacial score (nSPS) is 12.0.